The van der Waals surface area contributed by atoms with Crippen molar-refractivity contribution in [2.24, 2.45) is 0 Å². The van der Waals surface area contributed by atoms with E-state index in [-0.39, 0.29) is 6.04 Å². The van der Waals surface area contributed by atoms with Gasteiger partial charge in [-0.05, 0) is 37.5 Å². The molecule has 2 aromatic rings. The zero-order valence-electron chi connectivity index (χ0n) is 11.5. The largest absolute Gasteiger partial charge is 0.492 e. The molecule has 1 N–H and O–H groups in total. The van der Waals surface area contributed by atoms with Crippen molar-refractivity contribution >= 4 is 0 Å². The van der Waals surface area contributed by atoms with Crippen LogP contribution in [0.3, 0.4) is 0 Å². The van der Waals surface area contributed by atoms with Crippen LogP contribution in [0.25, 0.3) is 0 Å². The van der Waals surface area contributed by atoms with Gasteiger partial charge in [0.1, 0.15) is 11.6 Å². The molecule has 104 valence electrons. The van der Waals surface area contributed by atoms with Crippen LogP contribution >= 0.6 is 0 Å². The molecule has 5 nitrogen and oxygen atoms in total. The van der Waals surface area contributed by atoms with Gasteiger partial charge in [0.05, 0.1) is 24.5 Å². The molecule has 0 spiro atoms. The van der Waals surface area contributed by atoms with Gasteiger partial charge in [-0.25, -0.2) is 9.97 Å². The van der Waals surface area contributed by atoms with E-state index in [1.807, 2.05) is 12.3 Å². The van der Waals surface area contributed by atoms with Crippen molar-refractivity contribution in [2.75, 3.05) is 6.61 Å². The lowest BCUT2D eigenvalue weighted by molar-refractivity contribution is 0.286. The Bertz CT molecular complexity index is 573. The normalized spacial score (nSPS) is 15.2. The minimum Gasteiger partial charge on any atom is -0.492 e. The van der Waals surface area contributed by atoms with Crippen LogP contribution in [0.5, 0.6) is 5.75 Å². The molecule has 0 saturated carbocycles. The highest BCUT2D eigenvalue weighted by Crippen LogP contribution is 2.24. The first kappa shape index (κ1) is 13.0. The van der Waals surface area contributed by atoms with Gasteiger partial charge in [0.2, 0.25) is 0 Å². The maximum absolute atomic E-state index is 5.57. The third-order valence-corrected chi connectivity index (χ3v) is 3.42. The van der Waals surface area contributed by atoms with Crippen molar-refractivity contribution < 1.29 is 4.74 Å². The molecule has 3 heterocycles. The standard InChI is InChI=1S/C15H18N4O/c1-11(15-16-5-3-6-17-15)18-9-13-8-12-4-2-7-20-14(12)10-19-13/h3,5-6,8,10-11,18H,2,4,7,9H2,1H3/t11-/m1/s1. The van der Waals surface area contributed by atoms with Gasteiger partial charge in [0.15, 0.2) is 0 Å². The number of ether oxygens (including phenoxy) is 1. The van der Waals surface area contributed by atoms with Gasteiger partial charge in [-0.15, -0.1) is 0 Å². The predicted molar refractivity (Wildman–Crippen MR) is 75.3 cm³/mol. The van der Waals surface area contributed by atoms with Crippen LogP contribution in [0.2, 0.25) is 0 Å². The zero-order chi connectivity index (χ0) is 13.8. The van der Waals surface area contributed by atoms with Crippen LogP contribution in [0.4, 0.5) is 0 Å². The second kappa shape index (κ2) is 5.96. The number of nitrogens with one attached hydrogen (secondary N) is 1. The third-order valence-electron chi connectivity index (χ3n) is 3.42. The molecule has 1 aliphatic heterocycles. The monoisotopic (exact) mass is 270 g/mol. The first-order valence-electron chi connectivity index (χ1n) is 6.94. The lowest BCUT2D eigenvalue weighted by atomic mass is 10.1. The molecule has 0 aliphatic carbocycles. The molecule has 0 bridgehead atoms. The first-order valence-corrected chi connectivity index (χ1v) is 6.94. The summed E-state index contributed by atoms with van der Waals surface area (Å²) >= 11 is 0. The molecule has 0 unspecified atom stereocenters. The summed E-state index contributed by atoms with van der Waals surface area (Å²) in [5, 5.41) is 3.39. The summed E-state index contributed by atoms with van der Waals surface area (Å²) in [6.45, 7) is 3.55. The molecule has 2 aromatic heterocycles. The number of aromatic nitrogens is 3. The summed E-state index contributed by atoms with van der Waals surface area (Å²) in [5.74, 6) is 1.73. The number of hydrogen-bond donors (Lipinski definition) is 1. The average Bonchev–Trinajstić information content (AvgIpc) is 2.53. The fourth-order valence-electron chi connectivity index (χ4n) is 2.28. The van der Waals surface area contributed by atoms with Crippen LogP contribution in [-0.4, -0.2) is 21.6 Å². The SMILES string of the molecule is C[C@@H](NCc1cc2c(cn1)OCCC2)c1ncccn1. The van der Waals surface area contributed by atoms with Crippen molar-refractivity contribution in [3.63, 3.8) is 0 Å². The quantitative estimate of drug-likeness (QED) is 0.921. The van der Waals surface area contributed by atoms with Crippen LogP contribution in [0, 0.1) is 0 Å². The van der Waals surface area contributed by atoms with Gasteiger partial charge < -0.3 is 10.1 Å². The molecule has 0 aromatic carbocycles. The van der Waals surface area contributed by atoms with Crippen molar-refractivity contribution in [1.29, 1.82) is 0 Å². The highest BCUT2D eigenvalue weighted by Gasteiger charge is 2.12. The fourth-order valence-corrected chi connectivity index (χ4v) is 2.28. The molecule has 0 fully saturated rings. The number of fused-ring (bicyclic) bond motifs is 1. The summed E-state index contributed by atoms with van der Waals surface area (Å²) in [4.78, 5) is 12.9. The Labute approximate surface area is 118 Å². The molecule has 5 heteroatoms. The lowest BCUT2D eigenvalue weighted by Crippen LogP contribution is -2.21. The van der Waals surface area contributed by atoms with Gasteiger partial charge in [-0.1, -0.05) is 0 Å². The summed E-state index contributed by atoms with van der Waals surface area (Å²) in [6.07, 6.45) is 7.50. The summed E-state index contributed by atoms with van der Waals surface area (Å²) in [6, 6.07) is 4.05. The molecule has 1 atom stereocenters. The van der Waals surface area contributed by atoms with E-state index < -0.39 is 0 Å². The van der Waals surface area contributed by atoms with Crippen LogP contribution in [0.1, 0.15) is 36.5 Å². The Morgan fingerprint density at radius 2 is 2.15 bits per heavy atom. The average molecular weight is 270 g/mol. The molecule has 0 radical (unpaired) electrons. The number of rotatable bonds is 4. The van der Waals surface area contributed by atoms with Crippen molar-refractivity contribution in [3.8, 4) is 5.75 Å². The molecule has 3 rings (SSSR count). The van der Waals surface area contributed by atoms with Crippen molar-refractivity contribution in [1.82, 2.24) is 20.3 Å². The van der Waals surface area contributed by atoms with E-state index in [4.69, 9.17) is 4.74 Å². The van der Waals surface area contributed by atoms with Crippen molar-refractivity contribution in [3.05, 3.63) is 47.8 Å². The smallest absolute Gasteiger partial charge is 0.144 e. The second-order valence-corrected chi connectivity index (χ2v) is 4.94. The van der Waals surface area contributed by atoms with E-state index in [0.717, 1.165) is 36.7 Å². The third kappa shape index (κ3) is 2.93. The molecule has 1 aliphatic rings. The van der Waals surface area contributed by atoms with E-state index >= 15 is 0 Å². The van der Waals surface area contributed by atoms with Crippen LogP contribution in [0.15, 0.2) is 30.7 Å². The fraction of sp³-hybridized carbons (Fsp3) is 0.400. The first-order chi connectivity index (χ1) is 9.83. The second-order valence-electron chi connectivity index (χ2n) is 4.94. The van der Waals surface area contributed by atoms with Gasteiger partial charge in [-0.2, -0.15) is 0 Å². The maximum Gasteiger partial charge on any atom is 0.144 e. The van der Waals surface area contributed by atoms with Gasteiger partial charge >= 0.3 is 0 Å². The van der Waals surface area contributed by atoms with Crippen LogP contribution < -0.4 is 10.1 Å². The topological polar surface area (TPSA) is 59.9 Å². The van der Waals surface area contributed by atoms with E-state index in [1.165, 1.54) is 5.56 Å². The lowest BCUT2D eigenvalue weighted by Gasteiger charge is -2.18. The Morgan fingerprint density at radius 3 is 3.00 bits per heavy atom. The van der Waals surface area contributed by atoms with Crippen LogP contribution in [-0.2, 0) is 13.0 Å². The zero-order valence-corrected chi connectivity index (χ0v) is 11.5. The van der Waals surface area contributed by atoms with E-state index in [9.17, 15) is 0 Å². The highest BCUT2D eigenvalue weighted by molar-refractivity contribution is 5.34. The highest BCUT2D eigenvalue weighted by atomic mass is 16.5. The number of nitrogens with zero attached hydrogens (tertiary/aromatic N) is 3. The summed E-state index contributed by atoms with van der Waals surface area (Å²) in [7, 11) is 0. The molecule has 0 saturated heterocycles. The van der Waals surface area contributed by atoms with E-state index in [1.54, 1.807) is 12.4 Å². The molecule has 0 amide bonds. The minimum absolute atomic E-state index is 0.102. The van der Waals surface area contributed by atoms with Gasteiger partial charge in [0.25, 0.3) is 0 Å². The Kier molecular flexibility index (Phi) is 3.87. The Balaban J connectivity index is 1.64. The summed E-state index contributed by atoms with van der Waals surface area (Å²) in [5.41, 5.74) is 2.28. The molecular formula is C15H18N4O. The predicted octanol–water partition coefficient (Wildman–Crippen LogP) is 2.05. The number of aryl methyl sites for hydroxylation is 1. The van der Waals surface area contributed by atoms with Crippen molar-refractivity contribution in [2.45, 2.75) is 32.4 Å². The van der Waals surface area contributed by atoms with Gasteiger partial charge in [-0.3, -0.25) is 4.98 Å². The maximum atomic E-state index is 5.57. The molecular weight excluding hydrogens is 252 g/mol. The van der Waals surface area contributed by atoms with Gasteiger partial charge in [0, 0.05) is 18.9 Å². The number of hydrogen-bond acceptors (Lipinski definition) is 5. The minimum atomic E-state index is 0.102. The van der Waals surface area contributed by atoms with E-state index in [0.29, 0.717) is 6.54 Å². The Hall–Kier alpha value is -2.01. The summed E-state index contributed by atoms with van der Waals surface area (Å²) < 4.78 is 5.57. The number of pyridine rings is 1. The van der Waals surface area contributed by atoms with E-state index in [2.05, 4.69) is 33.3 Å². The Morgan fingerprint density at radius 1 is 1.30 bits per heavy atom. The molecule has 20 heavy (non-hydrogen) atoms.